The van der Waals surface area contributed by atoms with Gasteiger partial charge in [0.05, 0.1) is 12.7 Å². The Morgan fingerprint density at radius 1 is 1.62 bits per heavy atom. The van der Waals surface area contributed by atoms with Gasteiger partial charge in [0, 0.05) is 13.1 Å². The average molecular weight is 225 g/mol. The molecule has 2 heterocycles. The number of urea groups is 1. The van der Waals surface area contributed by atoms with Crippen molar-refractivity contribution in [3.63, 3.8) is 0 Å². The van der Waals surface area contributed by atoms with Gasteiger partial charge in [0.1, 0.15) is 12.2 Å². The summed E-state index contributed by atoms with van der Waals surface area (Å²) < 4.78 is 1.23. The van der Waals surface area contributed by atoms with Crippen LogP contribution in [0.4, 0.5) is 4.79 Å². The molecular weight excluding hydrogens is 214 g/mol. The number of carbonyl (C=O) groups is 2. The Bertz CT molecular complexity index is 416. The largest absolute Gasteiger partial charge is 0.480 e. The molecule has 0 aliphatic carbocycles. The van der Waals surface area contributed by atoms with Crippen molar-refractivity contribution in [1.82, 2.24) is 25.2 Å². The number of aliphatic carboxylic acids is 1. The number of carboxylic acid groups (broad SMARTS) is 1. The molecule has 86 valence electrons. The lowest BCUT2D eigenvalue weighted by molar-refractivity contribution is -0.137. The molecule has 1 fully saturated rings. The van der Waals surface area contributed by atoms with E-state index < -0.39 is 5.97 Å². The summed E-state index contributed by atoms with van der Waals surface area (Å²) in [5.41, 5.74) is 0.582. The first kappa shape index (κ1) is 10.4. The second-order valence-electron chi connectivity index (χ2n) is 3.45. The third-order valence-electron chi connectivity index (χ3n) is 2.18. The van der Waals surface area contributed by atoms with E-state index >= 15 is 0 Å². The Labute approximate surface area is 90.8 Å². The minimum atomic E-state index is -0.977. The maximum Gasteiger partial charge on any atom is 0.325 e. The zero-order valence-corrected chi connectivity index (χ0v) is 8.46. The summed E-state index contributed by atoms with van der Waals surface area (Å²) >= 11 is 0. The molecule has 1 aromatic heterocycles. The fraction of sp³-hybridized carbons (Fsp3) is 0.500. The Morgan fingerprint density at radius 2 is 2.44 bits per heavy atom. The molecule has 0 radical (unpaired) electrons. The molecule has 16 heavy (non-hydrogen) atoms. The van der Waals surface area contributed by atoms with Crippen molar-refractivity contribution < 1.29 is 14.7 Å². The maximum absolute atomic E-state index is 11.2. The number of hydrogen-bond acceptors (Lipinski definition) is 4. The summed E-state index contributed by atoms with van der Waals surface area (Å²) in [6.07, 6.45) is 1.53. The van der Waals surface area contributed by atoms with Gasteiger partial charge in [-0.05, 0) is 0 Å². The molecule has 8 nitrogen and oxygen atoms in total. The van der Waals surface area contributed by atoms with Crippen LogP contribution in [-0.4, -0.2) is 50.1 Å². The molecule has 1 saturated heterocycles. The van der Waals surface area contributed by atoms with Gasteiger partial charge in [-0.25, -0.2) is 9.48 Å². The lowest BCUT2D eigenvalue weighted by Crippen LogP contribution is -2.27. The molecular formula is C8H11N5O3. The summed E-state index contributed by atoms with van der Waals surface area (Å²) in [4.78, 5) is 23.2. The Balaban J connectivity index is 1.97. The van der Waals surface area contributed by atoms with Crippen molar-refractivity contribution in [3.8, 4) is 0 Å². The van der Waals surface area contributed by atoms with Crippen LogP contribution in [0.2, 0.25) is 0 Å². The second-order valence-corrected chi connectivity index (χ2v) is 3.45. The topological polar surface area (TPSA) is 100 Å². The minimum Gasteiger partial charge on any atom is -0.480 e. The van der Waals surface area contributed by atoms with E-state index in [9.17, 15) is 9.59 Å². The van der Waals surface area contributed by atoms with Crippen molar-refractivity contribution in [2.24, 2.45) is 0 Å². The number of nitrogens with one attached hydrogen (secondary N) is 1. The lowest BCUT2D eigenvalue weighted by atomic mass is 10.4. The van der Waals surface area contributed by atoms with E-state index in [0.717, 1.165) is 0 Å². The second kappa shape index (κ2) is 4.17. The summed E-state index contributed by atoms with van der Waals surface area (Å²) in [5.74, 6) is -0.977. The van der Waals surface area contributed by atoms with Gasteiger partial charge in [-0.2, -0.15) is 0 Å². The van der Waals surface area contributed by atoms with E-state index in [-0.39, 0.29) is 12.6 Å². The quantitative estimate of drug-likeness (QED) is 0.676. The van der Waals surface area contributed by atoms with Gasteiger partial charge in [-0.3, -0.25) is 4.79 Å². The summed E-state index contributed by atoms with van der Waals surface area (Å²) in [5, 5.41) is 18.7. The minimum absolute atomic E-state index is 0.132. The molecule has 1 aromatic rings. The zero-order chi connectivity index (χ0) is 11.5. The Morgan fingerprint density at radius 3 is 3.06 bits per heavy atom. The molecule has 0 spiro atoms. The molecule has 0 saturated carbocycles. The summed E-state index contributed by atoms with van der Waals surface area (Å²) in [6.45, 7) is 1.39. The highest BCUT2D eigenvalue weighted by Gasteiger charge is 2.20. The first-order chi connectivity index (χ1) is 7.65. The number of aromatic nitrogens is 3. The summed E-state index contributed by atoms with van der Waals surface area (Å²) in [6, 6.07) is -0.132. The number of carboxylic acids is 1. The van der Waals surface area contributed by atoms with Gasteiger partial charge < -0.3 is 15.3 Å². The highest BCUT2D eigenvalue weighted by atomic mass is 16.4. The van der Waals surface area contributed by atoms with Crippen LogP contribution in [0.5, 0.6) is 0 Å². The number of amides is 2. The van der Waals surface area contributed by atoms with Crippen molar-refractivity contribution in [1.29, 1.82) is 0 Å². The maximum atomic E-state index is 11.2. The molecule has 0 bridgehead atoms. The monoisotopic (exact) mass is 225 g/mol. The van der Waals surface area contributed by atoms with Crippen LogP contribution in [0, 0.1) is 0 Å². The van der Waals surface area contributed by atoms with Crippen LogP contribution >= 0.6 is 0 Å². The number of nitrogens with zero attached hydrogens (tertiary/aromatic N) is 4. The van der Waals surface area contributed by atoms with E-state index in [0.29, 0.717) is 25.3 Å². The smallest absolute Gasteiger partial charge is 0.325 e. The van der Waals surface area contributed by atoms with Crippen molar-refractivity contribution in [3.05, 3.63) is 11.9 Å². The number of rotatable bonds is 4. The molecule has 2 rings (SSSR count). The molecule has 2 N–H and O–H groups in total. The van der Waals surface area contributed by atoms with Crippen LogP contribution in [0.3, 0.4) is 0 Å². The first-order valence-electron chi connectivity index (χ1n) is 4.79. The van der Waals surface area contributed by atoms with Gasteiger partial charge in [-0.1, -0.05) is 5.21 Å². The Kier molecular flexibility index (Phi) is 2.71. The lowest BCUT2D eigenvalue weighted by Gasteiger charge is -2.10. The first-order valence-corrected chi connectivity index (χ1v) is 4.79. The summed E-state index contributed by atoms with van der Waals surface area (Å²) in [7, 11) is 0. The number of hydrogen-bond donors (Lipinski definition) is 2. The van der Waals surface area contributed by atoms with Crippen molar-refractivity contribution in [2.45, 2.75) is 13.1 Å². The normalized spacial score (nSPS) is 15.2. The van der Waals surface area contributed by atoms with E-state index in [1.807, 2.05) is 0 Å². The van der Waals surface area contributed by atoms with Crippen LogP contribution in [0.1, 0.15) is 5.69 Å². The van der Waals surface area contributed by atoms with Crippen LogP contribution in [-0.2, 0) is 17.9 Å². The van der Waals surface area contributed by atoms with Gasteiger partial charge >= 0.3 is 12.0 Å². The number of carbonyl (C=O) groups excluding carboxylic acids is 1. The highest BCUT2D eigenvalue weighted by Crippen LogP contribution is 2.04. The predicted molar refractivity (Wildman–Crippen MR) is 51.5 cm³/mol. The van der Waals surface area contributed by atoms with Crippen molar-refractivity contribution >= 4 is 12.0 Å². The van der Waals surface area contributed by atoms with E-state index in [1.54, 1.807) is 4.90 Å². The average Bonchev–Trinajstić information content (AvgIpc) is 2.77. The molecule has 0 unspecified atom stereocenters. The van der Waals surface area contributed by atoms with Crippen LogP contribution in [0.15, 0.2) is 6.20 Å². The zero-order valence-electron chi connectivity index (χ0n) is 8.46. The predicted octanol–water partition coefficient (Wildman–Crippen LogP) is -1.11. The highest BCUT2D eigenvalue weighted by molar-refractivity contribution is 5.76. The van der Waals surface area contributed by atoms with Gasteiger partial charge in [0.25, 0.3) is 0 Å². The van der Waals surface area contributed by atoms with Crippen LogP contribution in [0.25, 0.3) is 0 Å². The molecule has 1 aliphatic heterocycles. The standard InChI is InChI=1S/C8H11N5O3/c14-7(15)5-13-4-6(10-11-13)3-12-2-1-9-8(12)16/h4H,1-3,5H2,(H,9,16)(H,14,15). The molecule has 2 amide bonds. The molecule has 0 aromatic carbocycles. The SMILES string of the molecule is O=C(O)Cn1cc(CN2CCNC2=O)nn1. The van der Waals surface area contributed by atoms with Gasteiger partial charge in [0.2, 0.25) is 0 Å². The van der Waals surface area contributed by atoms with Crippen molar-refractivity contribution in [2.75, 3.05) is 13.1 Å². The molecule has 0 atom stereocenters. The molecule has 8 heteroatoms. The third kappa shape index (κ3) is 2.27. The van der Waals surface area contributed by atoms with E-state index in [2.05, 4.69) is 15.6 Å². The fourth-order valence-corrected chi connectivity index (χ4v) is 1.48. The van der Waals surface area contributed by atoms with Crippen LogP contribution < -0.4 is 5.32 Å². The van der Waals surface area contributed by atoms with Gasteiger partial charge in [-0.15, -0.1) is 5.10 Å². The molecule has 1 aliphatic rings. The van der Waals surface area contributed by atoms with E-state index in [1.165, 1.54) is 10.9 Å². The van der Waals surface area contributed by atoms with E-state index in [4.69, 9.17) is 5.11 Å². The van der Waals surface area contributed by atoms with Gasteiger partial charge in [0.15, 0.2) is 0 Å². The third-order valence-corrected chi connectivity index (χ3v) is 2.18. The Hall–Kier alpha value is -2.12. The fourth-order valence-electron chi connectivity index (χ4n) is 1.48.